The van der Waals surface area contributed by atoms with E-state index < -0.39 is 11.4 Å². The van der Waals surface area contributed by atoms with Crippen LogP contribution in [0.5, 0.6) is 0 Å². The Morgan fingerprint density at radius 3 is 2.40 bits per heavy atom. The van der Waals surface area contributed by atoms with Crippen molar-refractivity contribution in [1.29, 1.82) is 0 Å². The molecule has 43 heavy (non-hydrogen) atoms. The van der Waals surface area contributed by atoms with Gasteiger partial charge in [-0.15, -0.1) is 0 Å². The van der Waals surface area contributed by atoms with Gasteiger partial charge in [0.2, 0.25) is 0 Å². The first-order valence-electron chi connectivity index (χ1n) is 13.6. The first-order valence-corrected chi connectivity index (χ1v) is 13.6. The van der Waals surface area contributed by atoms with Crippen LogP contribution in [-0.4, -0.2) is 49.4 Å². The number of nitrogens with one attached hydrogen (secondary N) is 1. The quantitative estimate of drug-likeness (QED) is 0.319. The summed E-state index contributed by atoms with van der Waals surface area (Å²) in [6.07, 6.45) is 2.93. The van der Waals surface area contributed by atoms with Crippen LogP contribution in [0, 0.1) is 12.7 Å². The number of rotatable bonds is 5. The second kappa shape index (κ2) is 10.9. The molecule has 5 aromatic rings. The molecule has 0 saturated carbocycles. The van der Waals surface area contributed by atoms with E-state index in [1.807, 2.05) is 33.8 Å². The predicted octanol–water partition coefficient (Wildman–Crippen LogP) is 4.73. The van der Waals surface area contributed by atoms with Crippen LogP contribution < -0.4 is 16.4 Å². The topological polar surface area (TPSA) is 115 Å². The van der Waals surface area contributed by atoms with E-state index in [1.54, 1.807) is 50.5 Å². The molecule has 0 saturated heterocycles. The average molecular weight is 582 g/mol. The standard InChI is InChI=1S/C32H32FN7O3/c1-18-22(24-15-25(30(42)39(7)37-24)36-27-12-11-19(16-34-27)29(41)38(5)6)9-8-10-26(18)40-31(43)28-20(17-35-40)13-21(14-23(28)33)32(2,3)4/h8-17H,1-7H3,(H,34,36). The lowest BCUT2D eigenvalue weighted by Crippen LogP contribution is -2.24. The Morgan fingerprint density at radius 2 is 1.74 bits per heavy atom. The van der Waals surface area contributed by atoms with E-state index in [4.69, 9.17) is 0 Å². The Bertz CT molecular complexity index is 2010. The number of aryl methyl sites for hydroxylation is 1. The highest BCUT2D eigenvalue weighted by atomic mass is 19.1. The molecule has 3 heterocycles. The van der Waals surface area contributed by atoms with E-state index in [2.05, 4.69) is 20.5 Å². The zero-order valence-corrected chi connectivity index (χ0v) is 25.1. The van der Waals surface area contributed by atoms with Crippen molar-refractivity contribution in [3.05, 3.63) is 104 Å². The molecule has 2 aromatic carbocycles. The minimum absolute atomic E-state index is 0.0367. The summed E-state index contributed by atoms with van der Waals surface area (Å²) in [6.45, 7) is 7.74. The van der Waals surface area contributed by atoms with Crippen LogP contribution in [-0.2, 0) is 12.5 Å². The zero-order chi connectivity index (χ0) is 31.2. The number of hydrogen-bond acceptors (Lipinski definition) is 7. The molecule has 0 atom stereocenters. The van der Waals surface area contributed by atoms with Crippen molar-refractivity contribution in [2.75, 3.05) is 19.4 Å². The van der Waals surface area contributed by atoms with Crippen molar-refractivity contribution < 1.29 is 9.18 Å². The number of benzene rings is 2. The van der Waals surface area contributed by atoms with Crippen molar-refractivity contribution in [2.24, 2.45) is 7.05 Å². The molecular formula is C32H32FN7O3. The van der Waals surface area contributed by atoms with Gasteiger partial charge in [-0.3, -0.25) is 14.4 Å². The molecule has 1 amide bonds. The highest BCUT2D eigenvalue weighted by Crippen LogP contribution is 2.29. The maximum absolute atomic E-state index is 15.3. The fourth-order valence-corrected chi connectivity index (χ4v) is 4.79. The number of carbonyl (C=O) groups excluding carboxylic acids is 1. The van der Waals surface area contributed by atoms with Crippen LogP contribution in [0.2, 0.25) is 0 Å². The van der Waals surface area contributed by atoms with Crippen molar-refractivity contribution in [2.45, 2.75) is 33.1 Å². The molecule has 11 heteroatoms. The third-order valence-corrected chi connectivity index (χ3v) is 7.26. The van der Waals surface area contributed by atoms with E-state index in [9.17, 15) is 14.4 Å². The second-order valence-corrected chi connectivity index (χ2v) is 11.6. The molecule has 0 radical (unpaired) electrons. The number of halogens is 1. The van der Waals surface area contributed by atoms with Gasteiger partial charge < -0.3 is 10.2 Å². The highest BCUT2D eigenvalue weighted by Gasteiger charge is 2.20. The smallest absolute Gasteiger partial charge is 0.290 e. The summed E-state index contributed by atoms with van der Waals surface area (Å²) in [5, 5.41) is 12.2. The first kappa shape index (κ1) is 29.3. The lowest BCUT2D eigenvalue weighted by Gasteiger charge is -2.20. The van der Waals surface area contributed by atoms with Crippen LogP contribution in [0.15, 0.2) is 70.5 Å². The Kier molecular flexibility index (Phi) is 7.43. The van der Waals surface area contributed by atoms with Crippen molar-refractivity contribution in [1.82, 2.24) is 29.4 Å². The molecule has 0 aliphatic rings. The van der Waals surface area contributed by atoms with Gasteiger partial charge in [-0.05, 0) is 59.9 Å². The Balaban J connectivity index is 1.55. The maximum Gasteiger partial charge on any atom is 0.290 e. The van der Waals surface area contributed by atoms with Crippen LogP contribution in [0.1, 0.15) is 42.3 Å². The summed E-state index contributed by atoms with van der Waals surface area (Å²) < 4.78 is 17.7. The van der Waals surface area contributed by atoms with E-state index in [0.29, 0.717) is 39.3 Å². The Morgan fingerprint density at radius 1 is 1.00 bits per heavy atom. The number of pyridine rings is 1. The normalized spacial score (nSPS) is 11.5. The molecule has 1 N–H and O–H groups in total. The summed E-state index contributed by atoms with van der Waals surface area (Å²) in [4.78, 5) is 44.4. The summed E-state index contributed by atoms with van der Waals surface area (Å²) >= 11 is 0. The van der Waals surface area contributed by atoms with Crippen LogP contribution in [0.4, 0.5) is 15.9 Å². The number of nitrogens with zero attached hydrogens (tertiary/aromatic N) is 6. The van der Waals surface area contributed by atoms with E-state index in [1.165, 1.54) is 39.8 Å². The average Bonchev–Trinajstić information content (AvgIpc) is 2.95. The van der Waals surface area contributed by atoms with Gasteiger partial charge in [0.05, 0.1) is 28.5 Å². The van der Waals surface area contributed by atoms with Gasteiger partial charge >= 0.3 is 0 Å². The third-order valence-electron chi connectivity index (χ3n) is 7.26. The predicted molar refractivity (Wildman–Crippen MR) is 165 cm³/mol. The Hall–Kier alpha value is -5.19. The number of hydrogen-bond donors (Lipinski definition) is 1. The molecule has 10 nitrogen and oxygen atoms in total. The molecule has 0 fully saturated rings. The number of carbonyl (C=O) groups is 1. The molecule has 0 bridgehead atoms. The molecule has 3 aromatic heterocycles. The number of fused-ring (bicyclic) bond motifs is 1. The van der Waals surface area contributed by atoms with Crippen molar-refractivity contribution in [3.63, 3.8) is 0 Å². The van der Waals surface area contributed by atoms with Gasteiger partial charge in [-0.2, -0.15) is 14.9 Å². The lowest BCUT2D eigenvalue weighted by molar-refractivity contribution is 0.0827. The summed E-state index contributed by atoms with van der Waals surface area (Å²) in [7, 11) is 4.84. The summed E-state index contributed by atoms with van der Waals surface area (Å²) in [5.41, 5.74) is 2.36. The van der Waals surface area contributed by atoms with Crippen molar-refractivity contribution >= 4 is 28.2 Å². The minimum atomic E-state index is -0.597. The molecular weight excluding hydrogens is 549 g/mol. The van der Waals surface area contributed by atoms with Crippen LogP contribution in [0.3, 0.4) is 0 Å². The summed E-state index contributed by atoms with van der Waals surface area (Å²) in [5.74, 6) is -0.409. The maximum atomic E-state index is 15.3. The molecule has 0 unspecified atom stereocenters. The molecule has 0 aliphatic heterocycles. The number of aromatic nitrogens is 5. The first-order chi connectivity index (χ1) is 20.3. The second-order valence-electron chi connectivity index (χ2n) is 11.6. The van der Waals surface area contributed by atoms with Gasteiger partial charge in [0.25, 0.3) is 17.0 Å². The Labute approximate surface area is 247 Å². The van der Waals surface area contributed by atoms with Gasteiger partial charge in [0.15, 0.2) is 0 Å². The molecule has 5 rings (SSSR count). The SMILES string of the molecule is Cc1c(-c2cc(Nc3ccc(C(=O)N(C)C)cn3)c(=O)n(C)n2)cccc1-n1ncc2cc(C(C)(C)C)cc(F)c2c1=O. The van der Waals surface area contributed by atoms with Crippen molar-refractivity contribution in [3.8, 4) is 16.9 Å². The largest absolute Gasteiger partial charge is 0.345 e. The lowest BCUT2D eigenvalue weighted by atomic mass is 9.86. The fourth-order valence-electron chi connectivity index (χ4n) is 4.79. The van der Waals surface area contributed by atoms with Gasteiger partial charge in [-0.25, -0.2) is 14.1 Å². The van der Waals surface area contributed by atoms with Gasteiger partial charge in [0, 0.05) is 38.3 Å². The monoisotopic (exact) mass is 581 g/mol. The van der Waals surface area contributed by atoms with E-state index in [0.717, 1.165) is 5.56 Å². The molecule has 220 valence electrons. The van der Waals surface area contributed by atoms with Gasteiger partial charge in [-0.1, -0.05) is 32.9 Å². The highest BCUT2D eigenvalue weighted by molar-refractivity contribution is 5.93. The number of anilines is 2. The zero-order valence-electron chi connectivity index (χ0n) is 25.1. The fraction of sp³-hybridized carbons (Fsp3) is 0.250. The van der Waals surface area contributed by atoms with E-state index >= 15 is 4.39 Å². The molecule has 0 aliphatic carbocycles. The third kappa shape index (κ3) is 5.53. The molecule has 0 spiro atoms. The number of amides is 1. The summed E-state index contributed by atoms with van der Waals surface area (Å²) in [6, 6.07) is 13.3. The minimum Gasteiger partial charge on any atom is -0.345 e. The van der Waals surface area contributed by atoms with Gasteiger partial charge in [0.1, 0.15) is 17.3 Å². The van der Waals surface area contributed by atoms with E-state index in [-0.39, 0.29) is 28.0 Å². The van der Waals surface area contributed by atoms with Crippen LogP contribution in [0.25, 0.3) is 27.7 Å². The van der Waals surface area contributed by atoms with Crippen LogP contribution >= 0.6 is 0 Å².